The van der Waals surface area contributed by atoms with E-state index in [0.717, 1.165) is 0 Å². The Kier molecular flexibility index (Phi) is 2.12. The first-order valence-electron chi connectivity index (χ1n) is 5.15. The number of hydrogen-bond donors (Lipinski definition) is 2. The number of aromatic amines is 2. The molecule has 2 N–H and O–H groups in total. The van der Waals surface area contributed by atoms with Crippen molar-refractivity contribution in [2.75, 3.05) is 7.11 Å². The van der Waals surface area contributed by atoms with Gasteiger partial charge < -0.3 is 9.72 Å². The van der Waals surface area contributed by atoms with Crippen LogP contribution in [0.15, 0.2) is 27.8 Å². The fraction of sp³-hybridized carbons (Fsp3) is 0.0909. The summed E-state index contributed by atoms with van der Waals surface area (Å²) in [6.45, 7) is 0. The number of aromatic nitrogens is 4. The van der Waals surface area contributed by atoms with Crippen LogP contribution >= 0.6 is 0 Å². The predicted octanol–water partition coefficient (Wildman–Crippen LogP) is 0.168. The summed E-state index contributed by atoms with van der Waals surface area (Å²) in [6, 6.07) is 4.81. The molecule has 0 saturated heterocycles. The summed E-state index contributed by atoms with van der Waals surface area (Å²) < 4.78 is 5.05. The van der Waals surface area contributed by atoms with Gasteiger partial charge >= 0.3 is 0 Å². The molecule has 3 aromatic rings. The smallest absolute Gasteiger partial charge is 0.278 e. The molecule has 0 radical (unpaired) electrons. The van der Waals surface area contributed by atoms with E-state index < -0.39 is 5.56 Å². The summed E-state index contributed by atoms with van der Waals surface area (Å²) >= 11 is 0. The van der Waals surface area contributed by atoms with E-state index in [1.54, 1.807) is 18.2 Å². The molecular formula is C11H8N4O3. The molecule has 0 spiro atoms. The lowest BCUT2D eigenvalue weighted by atomic mass is 10.2. The topological polar surface area (TPSA) is 101 Å². The van der Waals surface area contributed by atoms with Crippen molar-refractivity contribution in [3.8, 4) is 5.75 Å². The number of rotatable bonds is 1. The molecule has 90 valence electrons. The van der Waals surface area contributed by atoms with E-state index in [0.29, 0.717) is 16.7 Å². The first kappa shape index (κ1) is 10.5. The summed E-state index contributed by atoms with van der Waals surface area (Å²) in [7, 11) is 1.51. The SMILES string of the molecule is COc1ccc2c(=O)c3n[nH]nc3c(=O)[nH]c2c1. The number of fused-ring (bicyclic) bond motifs is 2. The lowest BCUT2D eigenvalue weighted by Crippen LogP contribution is -2.02. The lowest BCUT2D eigenvalue weighted by Gasteiger charge is -1.98. The fourth-order valence-corrected chi connectivity index (χ4v) is 1.81. The van der Waals surface area contributed by atoms with Gasteiger partial charge in [-0.3, -0.25) is 9.59 Å². The van der Waals surface area contributed by atoms with Crippen LogP contribution in [0, 0.1) is 0 Å². The van der Waals surface area contributed by atoms with Gasteiger partial charge in [0, 0.05) is 11.5 Å². The van der Waals surface area contributed by atoms with Crippen LogP contribution in [-0.4, -0.2) is 27.5 Å². The zero-order valence-electron chi connectivity index (χ0n) is 9.35. The third-order valence-electron chi connectivity index (χ3n) is 2.70. The highest BCUT2D eigenvalue weighted by molar-refractivity contribution is 5.87. The second-order valence-electron chi connectivity index (χ2n) is 3.72. The molecule has 0 aliphatic carbocycles. The van der Waals surface area contributed by atoms with E-state index in [1.807, 2.05) is 0 Å². The standard InChI is InChI=1S/C11H8N4O3/c1-18-5-2-3-6-7(4-5)12-11(17)9-8(10(6)16)13-15-14-9/h2-4H,1H3,(H,12,17)(H,13,14,15). The number of methoxy groups -OCH3 is 1. The average molecular weight is 244 g/mol. The van der Waals surface area contributed by atoms with Crippen molar-refractivity contribution in [2.24, 2.45) is 0 Å². The molecule has 0 aliphatic rings. The summed E-state index contributed by atoms with van der Waals surface area (Å²) in [5, 5.41) is 10.0. The first-order chi connectivity index (χ1) is 8.70. The van der Waals surface area contributed by atoms with Crippen LogP contribution in [0.25, 0.3) is 21.9 Å². The summed E-state index contributed by atoms with van der Waals surface area (Å²) in [5.41, 5.74) is -0.412. The highest BCUT2D eigenvalue weighted by Crippen LogP contribution is 2.15. The molecular weight excluding hydrogens is 236 g/mol. The van der Waals surface area contributed by atoms with E-state index in [-0.39, 0.29) is 16.5 Å². The van der Waals surface area contributed by atoms with Gasteiger partial charge in [-0.05, 0) is 12.1 Å². The monoisotopic (exact) mass is 244 g/mol. The summed E-state index contributed by atoms with van der Waals surface area (Å²) in [6.07, 6.45) is 0. The van der Waals surface area contributed by atoms with E-state index in [4.69, 9.17) is 4.74 Å². The quantitative estimate of drug-likeness (QED) is 0.635. The van der Waals surface area contributed by atoms with Crippen molar-refractivity contribution in [1.29, 1.82) is 0 Å². The maximum Gasteiger partial charge on any atom is 0.278 e. The molecule has 1 aromatic carbocycles. The van der Waals surface area contributed by atoms with Gasteiger partial charge in [0.2, 0.25) is 5.43 Å². The summed E-state index contributed by atoms with van der Waals surface area (Å²) in [5.74, 6) is 0.552. The Balaban J connectivity index is 2.63. The number of ether oxygens (including phenoxy) is 1. The first-order valence-corrected chi connectivity index (χ1v) is 5.15. The largest absolute Gasteiger partial charge is 0.497 e. The van der Waals surface area contributed by atoms with Crippen LogP contribution in [0.2, 0.25) is 0 Å². The van der Waals surface area contributed by atoms with Gasteiger partial charge in [-0.1, -0.05) is 0 Å². The summed E-state index contributed by atoms with van der Waals surface area (Å²) in [4.78, 5) is 26.6. The van der Waals surface area contributed by atoms with Gasteiger partial charge in [0.15, 0.2) is 11.0 Å². The molecule has 3 rings (SSSR count). The molecule has 0 unspecified atom stereocenters. The van der Waals surface area contributed by atoms with Crippen molar-refractivity contribution in [2.45, 2.75) is 0 Å². The zero-order chi connectivity index (χ0) is 12.7. The molecule has 0 fully saturated rings. The van der Waals surface area contributed by atoms with E-state index in [2.05, 4.69) is 20.4 Å². The minimum absolute atomic E-state index is 0.00448. The molecule has 7 nitrogen and oxygen atoms in total. The van der Waals surface area contributed by atoms with Gasteiger partial charge in [0.25, 0.3) is 5.56 Å². The molecule has 0 saturated carbocycles. The van der Waals surface area contributed by atoms with Crippen LogP contribution in [0.1, 0.15) is 0 Å². The average Bonchev–Trinajstić information content (AvgIpc) is 2.83. The molecule has 0 amide bonds. The van der Waals surface area contributed by atoms with Gasteiger partial charge in [-0.15, -0.1) is 0 Å². The number of hydrogen-bond acceptors (Lipinski definition) is 5. The van der Waals surface area contributed by atoms with Gasteiger partial charge in [0.1, 0.15) is 5.75 Å². The Morgan fingerprint density at radius 2 is 1.94 bits per heavy atom. The highest BCUT2D eigenvalue weighted by atomic mass is 16.5. The third-order valence-corrected chi connectivity index (χ3v) is 2.70. The van der Waals surface area contributed by atoms with Crippen molar-refractivity contribution in [3.63, 3.8) is 0 Å². The minimum Gasteiger partial charge on any atom is -0.497 e. The Hall–Kier alpha value is -2.70. The minimum atomic E-state index is -0.473. The van der Waals surface area contributed by atoms with Gasteiger partial charge in [-0.25, -0.2) is 0 Å². The van der Waals surface area contributed by atoms with Crippen LogP contribution < -0.4 is 15.7 Å². The van der Waals surface area contributed by atoms with Gasteiger partial charge in [-0.2, -0.15) is 15.4 Å². The molecule has 7 heteroatoms. The predicted molar refractivity (Wildman–Crippen MR) is 64.8 cm³/mol. The van der Waals surface area contributed by atoms with E-state index in [9.17, 15) is 9.59 Å². The maximum atomic E-state index is 12.2. The van der Waals surface area contributed by atoms with Crippen LogP contribution in [0.5, 0.6) is 5.75 Å². The molecule has 2 aromatic heterocycles. The number of benzene rings is 1. The normalized spacial score (nSPS) is 10.9. The molecule has 2 heterocycles. The lowest BCUT2D eigenvalue weighted by molar-refractivity contribution is 0.415. The second kappa shape index (κ2) is 3.66. The maximum absolute atomic E-state index is 12.2. The van der Waals surface area contributed by atoms with E-state index in [1.165, 1.54) is 7.11 Å². The van der Waals surface area contributed by atoms with Crippen molar-refractivity contribution < 1.29 is 4.74 Å². The Morgan fingerprint density at radius 1 is 1.17 bits per heavy atom. The fourth-order valence-electron chi connectivity index (χ4n) is 1.81. The molecule has 0 atom stereocenters. The van der Waals surface area contributed by atoms with Crippen molar-refractivity contribution in [1.82, 2.24) is 20.4 Å². The number of nitrogens with one attached hydrogen (secondary N) is 2. The Bertz CT molecular complexity index is 865. The highest BCUT2D eigenvalue weighted by Gasteiger charge is 2.09. The van der Waals surface area contributed by atoms with E-state index >= 15 is 0 Å². The number of nitrogens with zero attached hydrogens (tertiary/aromatic N) is 2. The Morgan fingerprint density at radius 3 is 2.72 bits per heavy atom. The van der Waals surface area contributed by atoms with Crippen molar-refractivity contribution >= 4 is 21.9 Å². The second-order valence-corrected chi connectivity index (χ2v) is 3.72. The molecule has 0 aliphatic heterocycles. The third kappa shape index (κ3) is 1.37. The van der Waals surface area contributed by atoms with Crippen LogP contribution in [0.3, 0.4) is 0 Å². The molecule has 18 heavy (non-hydrogen) atoms. The van der Waals surface area contributed by atoms with Gasteiger partial charge in [0.05, 0.1) is 12.6 Å². The number of H-pyrrole nitrogens is 2. The van der Waals surface area contributed by atoms with Crippen molar-refractivity contribution in [3.05, 3.63) is 38.8 Å². The van der Waals surface area contributed by atoms with Crippen LogP contribution in [-0.2, 0) is 0 Å². The molecule has 0 bridgehead atoms. The zero-order valence-corrected chi connectivity index (χ0v) is 9.35. The Labute approximate surface area is 99.4 Å². The van der Waals surface area contributed by atoms with Crippen LogP contribution in [0.4, 0.5) is 0 Å².